The van der Waals surface area contributed by atoms with Crippen LogP contribution in [0.4, 0.5) is 0 Å². The molecule has 1 aromatic heterocycles. The minimum atomic E-state index is -3.57. The summed E-state index contributed by atoms with van der Waals surface area (Å²) in [7, 11) is -3.57. The molecule has 0 N–H and O–H groups in total. The maximum Gasteiger partial charge on any atom is 0.255 e. The van der Waals surface area contributed by atoms with Crippen LogP contribution in [0.3, 0.4) is 0 Å². The summed E-state index contributed by atoms with van der Waals surface area (Å²) in [6.45, 7) is 1.16. The van der Waals surface area contributed by atoms with Crippen LogP contribution in [-0.2, 0) is 10.0 Å². The van der Waals surface area contributed by atoms with E-state index in [9.17, 15) is 13.2 Å². The van der Waals surface area contributed by atoms with Gasteiger partial charge in [0.1, 0.15) is 5.15 Å². The number of nitrogens with zero attached hydrogens (tertiary/aromatic N) is 3. The Morgan fingerprint density at radius 2 is 1.84 bits per heavy atom. The van der Waals surface area contributed by atoms with Crippen LogP contribution >= 0.6 is 27.5 Å². The van der Waals surface area contributed by atoms with E-state index in [1.807, 2.05) is 0 Å². The van der Waals surface area contributed by atoms with Crippen molar-refractivity contribution in [3.05, 3.63) is 57.8 Å². The first-order valence-electron chi connectivity index (χ1n) is 7.54. The second-order valence-corrected chi connectivity index (χ2v) is 8.76. The lowest BCUT2D eigenvalue weighted by molar-refractivity contribution is 0.0697. The average Bonchev–Trinajstić information content (AvgIpc) is 2.62. The fourth-order valence-electron chi connectivity index (χ4n) is 2.59. The second kappa shape index (κ2) is 7.41. The van der Waals surface area contributed by atoms with Gasteiger partial charge in [-0.3, -0.25) is 4.79 Å². The highest BCUT2D eigenvalue weighted by Crippen LogP contribution is 2.21. The van der Waals surface area contributed by atoms with Gasteiger partial charge in [-0.2, -0.15) is 4.31 Å². The van der Waals surface area contributed by atoms with Crippen molar-refractivity contribution in [3.63, 3.8) is 0 Å². The molecule has 132 valence electrons. The monoisotopic (exact) mass is 443 g/mol. The molecule has 25 heavy (non-hydrogen) atoms. The van der Waals surface area contributed by atoms with Crippen molar-refractivity contribution in [1.82, 2.24) is 14.2 Å². The molecule has 1 saturated heterocycles. The van der Waals surface area contributed by atoms with Crippen molar-refractivity contribution < 1.29 is 13.2 Å². The number of carbonyl (C=O) groups is 1. The van der Waals surface area contributed by atoms with E-state index in [2.05, 4.69) is 20.9 Å². The highest BCUT2D eigenvalue weighted by Gasteiger charge is 2.30. The van der Waals surface area contributed by atoms with Gasteiger partial charge in [-0.15, -0.1) is 0 Å². The van der Waals surface area contributed by atoms with E-state index >= 15 is 0 Å². The van der Waals surface area contributed by atoms with Crippen molar-refractivity contribution >= 4 is 43.5 Å². The largest absolute Gasteiger partial charge is 0.336 e. The summed E-state index contributed by atoms with van der Waals surface area (Å²) >= 11 is 9.02. The lowest BCUT2D eigenvalue weighted by Gasteiger charge is -2.34. The van der Waals surface area contributed by atoms with Crippen LogP contribution in [0.15, 0.2) is 52.0 Å². The Morgan fingerprint density at radius 1 is 1.12 bits per heavy atom. The third kappa shape index (κ3) is 4.03. The smallest absolute Gasteiger partial charge is 0.255 e. The van der Waals surface area contributed by atoms with Gasteiger partial charge in [0.05, 0.1) is 10.5 Å². The van der Waals surface area contributed by atoms with Crippen molar-refractivity contribution in [3.8, 4) is 0 Å². The molecule has 0 atom stereocenters. The maximum absolute atomic E-state index is 12.7. The van der Waals surface area contributed by atoms with Gasteiger partial charge in [-0.1, -0.05) is 33.6 Å². The maximum atomic E-state index is 12.7. The molecule has 0 bridgehead atoms. The molecule has 0 spiro atoms. The molecule has 1 aromatic carbocycles. The number of carbonyl (C=O) groups excluding carboxylic acids is 1. The van der Waals surface area contributed by atoms with Gasteiger partial charge >= 0.3 is 0 Å². The number of hydrogen-bond donors (Lipinski definition) is 0. The molecule has 0 unspecified atom stereocenters. The first-order valence-corrected chi connectivity index (χ1v) is 10.2. The van der Waals surface area contributed by atoms with Crippen molar-refractivity contribution in [1.29, 1.82) is 0 Å². The van der Waals surface area contributed by atoms with E-state index in [4.69, 9.17) is 11.6 Å². The number of sulfonamides is 1. The van der Waals surface area contributed by atoms with Crippen molar-refractivity contribution in [2.24, 2.45) is 0 Å². The van der Waals surface area contributed by atoms with Gasteiger partial charge in [0, 0.05) is 36.8 Å². The molecular formula is C16H15BrClN3O3S. The van der Waals surface area contributed by atoms with Crippen molar-refractivity contribution in [2.75, 3.05) is 26.2 Å². The number of halogens is 2. The molecule has 2 aromatic rings. The SMILES string of the molecule is O=C(c1ccc(Cl)nc1)N1CCN(S(=O)(=O)c2cccc(Br)c2)CC1. The Kier molecular flexibility index (Phi) is 5.43. The predicted octanol–water partition coefficient (Wildman–Crippen LogP) is 2.64. The third-order valence-corrected chi connectivity index (χ3v) is 6.55. The van der Waals surface area contributed by atoms with Crippen LogP contribution in [0.5, 0.6) is 0 Å². The number of benzene rings is 1. The van der Waals surface area contributed by atoms with Crippen LogP contribution in [0.2, 0.25) is 5.15 Å². The second-order valence-electron chi connectivity index (χ2n) is 5.52. The van der Waals surface area contributed by atoms with Gasteiger partial charge in [0.2, 0.25) is 10.0 Å². The summed E-state index contributed by atoms with van der Waals surface area (Å²) < 4.78 is 27.5. The molecule has 1 amide bonds. The Bertz CT molecular complexity index is 882. The van der Waals surface area contributed by atoms with Crippen LogP contribution in [0, 0.1) is 0 Å². The van der Waals surface area contributed by atoms with E-state index in [0.717, 1.165) is 0 Å². The zero-order chi connectivity index (χ0) is 18.0. The van der Waals surface area contributed by atoms with E-state index in [1.54, 1.807) is 41.3 Å². The molecule has 6 nitrogen and oxygen atoms in total. The van der Waals surface area contributed by atoms with Gasteiger partial charge < -0.3 is 4.90 Å². The fourth-order valence-corrected chi connectivity index (χ4v) is 4.72. The molecule has 9 heteroatoms. The lowest BCUT2D eigenvalue weighted by atomic mass is 10.2. The van der Waals surface area contributed by atoms with E-state index in [0.29, 0.717) is 28.3 Å². The Balaban J connectivity index is 1.69. The number of amides is 1. The van der Waals surface area contributed by atoms with Crippen molar-refractivity contribution in [2.45, 2.75) is 4.90 Å². The summed E-state index contributed by atoms with van der Waals surface area (Å²) in [5.74, 6) is -0.177. The summed E-state index contributed by atoms with van der Waals surface area (Å²) in [6, 6.07) is 9.77. The van der Waals surface area contributed by atoms with E-state index in [-0.39, 0.29) is 23.9 Å². The molecule has 1 aliphatic rings. The quantitative estimate of drug-likeness (QED) is 0.683. The fraction of sp³-hybridized carbons (Fsp3) is 0.250. The zero-order valence-electron chi connectivity index (χ0n) is 13.1. The van der Waals surface area contributed by atoms with E-state index < -0.39 is 10.0 Å². The highest BCUT2D eigenvalue weighted by atomic mass is 79.9. The normalized spacial score (nSPS) is 16.0. The van der Waals surface area contributed by atoms with Gasteiger partial charge in [0.15, 0.2) is 0 Å². The topological polar surface area (TPSA) is 70.6 Å². The van der Waals surface area contributed by atoms with Crippen LogP contribution in [0.25, 0.3) is 0 Å². The lowest BCUT2D eigenvalue weighted by Crippen LogP contribution is -2.50. The number of aromatic nitrogens is 1. The average molecular weight is 445 g/mol. The number of pyridine rings is 1. The summed E-state index contributed by atoms with van der Waals surface area (Å²) in [6.07, 6.45) is 1.43. The summed E-state index contributed by atoms with van der Waals surface area (Å²) in [4.78, 5) is 18.2. The third-order valence-electron chi connectivity index (χ3n) is 3.93. The minimum absolute atomic E-state index is 0.177. The Labute approximate surface area is 159 Å². The molecule has 1 fully saturated rings. The predicted molar refractivity (Wildman–Crippen MR) is 98.1 cm³/mol. The first-order chi connectivity index (χ1) is 11.9. The van der Waals surface area contributed by atoms with Crippen LogP contribution in [0.1, 0.15) is 10.4 Å². The number of piperazine rings is 1. The number of rotatable bonds is 3. The zero-order valence-corrected chi connectivity index (χ0v) is 16.3. The van der Waals surface area contributed by atoms with Crippen LogP contribution < -0.4 is 0 Å². The van der Waals surface area contributed by atoms with Gasteiger partial charge in [-0.05, 0) is 30.3 Å². The summed E-state index contributed by atoms with van der Waals surface area (Å²) in [5.41, 5.74) is 0.438. The molecule has 0 radical (unpaired) electrons. The molecular weight excluding hydrogens is 430 g/mol. The summed E-state index contributed by atoms with van der Waals surface area (Å²) in [5, 5.41) is 0.321. The molecule has 0 aliphatic carbocycles. The first kappa shape index (κ1) is 18.3. The highest BCUT2D eigenvalue weighted by molar-refractivity contribution is 9.10. The van der Waals surface area contributed by atoms with E-state index in [1.165, 1.54) is 10.5 Å². The molecule has 2 heterocycles. The van der Waals surface area contributed by atoms with Crippen LogP contribution in [-0.4, -0.2) is 54.7 Å². The Morgan fingerprint density at radius 3 is 2.44 bits per heavy atom. The standard InChI is InChI=1S/C16H15BrClN3O3S/c17-13-2-1-3-14(10-13)25(23,24)21-8-6-20(7-9-21)16(22)12-4-5-15(18)19-11-12/h1-5,10-11H,6-9H2. The molecule has 1 aliphatic heterocycles. The minimum Gasteiger partial charge on any atom is -0.336 e. The molecule has 0 saturated carbocycles. The Hall–Kier alpha value is -1.48. The number of hydrogen-bond acceptors (Lipinski definition) is 4. The van der Waals surface area contributed by atoms with Gasteiger partial charge in [0.25, 0.3) is 5.91 Å². The van der Waals surface area contributed by atoms with Gasteiger partial charge in [-0.25, -0.2) is 13.4 Å². The molecule has 3 rings (SSSR count).